The average molecular weight is 313 g/mol. The third-order valence-electron chi connectivity index (χ3n) is 2.77. The van der Waals surface area contributed by atoms with Gasteiger partial charge in [0, 0.05) is 0 Å². The van der Waals surface area contributed by atoms with Gasteiger partial charge in [0.2, 0.25) is 0 Å². The summed E-state index contributed by atoms with van der Waals surface area (Å²) in [4.78, 5) is 7.29. The third kappa shape index (κ3) is 2.74. The molecule has 0 spiro atoms. The zero-order valence-electron chi connectivity index (χ0n) is 9.62. The van der Waals surface area contributed by atoms with E-state index in [1.54, 1.807) is 3.58 Å². The van der Waals surface area contributed by atoms with Crippen LogP contribution in [0, 0.1) is 0 Å². The van der Waals surface area contributed by atoms with Crippen molar-refractivity contribution in [2.45, 2.75) is 20.9 Å². The molecule has 1 aliphatic rings. The van der Waals surface area contributed by atoms with E-state index in [1.807, 2.05) is 0 Å². The molecule has 82 valence electrons. The van der Waals surface area contributed by atoms with E-state index in [0.717, 1.165) is 0 Å². The zero-order valence-corrected chi connectivity index (χ0v) is 12.5. The van der Waals surface area contributed by atoms with Gasteiger partial charge in [-0.3, -0.25) is 0 Å². The summed E-state index contributed by atoms with van der Waals surface area (Å²) >= 11 is -1.88. The van der Waals surface area contributed by atoms with Crippen LogP contribution in [-0.4, -0.2) is 31.8 Å². The summed E-state index contributed by atoms with van der Waals surface area (Å²) in [5.74, 6) is 0. The normalized spacial score (nSPS) is 21.9. The van der Waals surface area contributed by atoms with E-state index in [0.29, 0.717) is 13.4 Å². The van der Waals surface area contributed by atoms with Crippen LogP contribution in [0.1, 0.15) is 11.7 Å². The van der Waals surface area contributed by atoms with Crippen LogP contribution < -0.4 is 3.58 Å². The Bertz CT molecular complexity index is 320. The fourth-order valence-electron chi connectivity index (χ4n) is 1.72. The molecule has 0 amide bonds. The number of benzene rings is 1. The Morgan fingerprint density at radius 2 is 1.80 bits per heavy atom. The summed E-state index contributed by atoms with van der Waals surface area (Å²) in [7, 11) is 0. The molecule has 0 saturated carbocycles. The number of ether oxygens (including phenoxy) is 2. The predicted molar refractivity (Wildman–Crippen MR) is 64.1 cm³/mol. The van der Waals surface area contributed by atoms with Crippen LogP contribution in [0.4, 0.5) is 0 Å². The Balaban J connectivity index is 2.16. The Labute approximate surface area is 95.5 Å². The SMILES string of the molecule is [CH3][Sn]([CH3])([CH3])[c]1ccc(C2COCO2)cc1. The van der Waals surface area contributed by atoms with Crippen LogP contribution in [0.25, 0.3) is 0 Å². The molecule has 1 heterocycles. The molecule has 1 aromatic rings. The van der Waals surface area contributed by atoms with Gasteiger partial charge in [-0.25, -0.2) is 0 Å². The van der Waals surface area contributed by atoms with Crippen LogP contribution >= 0.6 is 0 Å². The van der Waals surface area contributed by atoms with Gasteiger partial charge in [0.1, 0.15) is 0 Å². The first-order chi connectivity index (χ1) is 7.07. The molecular formula is C12H18O2Sn. The molecule has 1 atom stereocenters. The molecule has 3 heteroatoms. The zero-order chi connectivity index (χ0) is 10.9. The van der Waals surface area contributed by atoms with Crippen molar-refractivity contribution in [2.75, 3.05) is 13.4 Å². The van der Waals surface area contributed by atoms with E-state index in [2.05, 4.69) is 39.1 Å². The maximum atomic E-state index is 5.46. The Morgan fingerprint density at radius 3 is 2.27 bits per heavy atom. The first-order valence-electron chi connectivity index (χ1n) is 5.37. The topological polar surface area (TPSA) is 18.5 Å². The van der Waals surface area contributed by atoms with Gasteiger partial charge in [0.25, 0.3) is 0 Å². The van der Waals surface area contributed by atoms with Crippen molar-refractivity contribution in [3.63, 3.8) is 0 Å². The van der Waals surface area contributed by atoms with Crippen molar-refractivity contribution in [3.8, 4) is 0 Å². The molecule has 0 bridgehead atoms. The van der Waals surface area contributed by atoms with Gasteiger partial charge in [-0.05, 0) is 0 Å². The Morgan fingerprint density at radius 1 is 1.13 bits per heavy atom. The molecule has 0 radical (unpaired) electrons. The summed E-state index contributed by atoms with van der Waals surface area (Å²) < 4.78 is 12.2. The Kier molecular flexibility index (Phi) is 3.38. The maximum absolute atomic E-state index is 5.46. The molecule has 1 aliphatic heterocycles. The molecule has 1 saturated heterocycles. The average Bonchev–Trinajstić information content (AvgIpc) is 2.69. The molecular weight excluding hydrogens is 295 g/mol. The van der Waals surface area contributed by atoms with E-state index in [9.17, 15) is 0 Å². The first-order valence-corrected chi connectivity index (χ1v) is 15.4. The van der Waals surface area contributed by atoms with E-state index in [1.165, 1.54) is 5.56 Å². The van der Waals surface area contributed by atoms with Crippen LogP contribution in [0.2, 0.25) is 14.8 Å². The minimum atomic E-state index is -1.88. The molecule has 1 unspecified atom stereocenters. The van der Waals surface area contributed by atoms with Crippen molar-refractivity contribution < 1.29 is 9.47 Å². The summed E-state index contributed by atoms with van der Waals surface area (Å²) in [5, 5.41) is 0. The third-order valence-corrected chi connectivity index (χ3v) is 8.67. The van der Waals surface area contributed by atoms with Gasteiger partial charge in [-0.15, -0.1) is 0 Å². The van der Waals surface area contributed by atoms with E-state index >= 15 is 0 Å². The van der Waals surface area contributed by atoms with Gasteiger partial charge < -0.3 is 0 Å². The van der Waals surface area contributed by atoms with E-state index < -0.39 is 18.4 Å². The second-order valence-electron chi connectivity index (χ2n) is 5.02. The second kappa shape index (κ2) is 4.43. The molecule has 0 N–H and O–H groups in total. The van der Waals surface area contributed by atoms with Crippen LogP contribution in [0.15, 0.2) is 24.3 Å². The monoisotopic (exact) mass is 314 g/mol. The molecule has 1 fully saturated rings. The van der Waals surface area contributed by atoms with Crippen LogP contribution in [0.3, 0.4) is 0 Å². The van der Waals surface area contributed by atoms with Crippen molar-refractivity contribution in [3.05, 3.63) is 29.8 Å². The van der Waals surface area contributed by atoms with E-state index in [4.69, 9.17) is 9.47 Å². The molecule has 15 heavy (non-hydrogen) atoms. The minimum absolute atomic E-state index is 0.147. The Hall–Kier alpha value is -0.0613. The van der Waals surface area contributed by atoms with Crippen LogP contribution in [0.5, 0.6) is 0 Å². The number of hydrogen-bond donors (Lipinski definition) is 0. The van der Waals surface area contributed by atoms with E-state index in [-0.39, 0.29) is 6.10 Å². The molecule has 0 aliphatic carbocycles. The van der Waals surface area contributed by atoms with Crippen molar-refractivity contribution in [1.29, 1.82) is 0 Å². The fourth-order valence-corrected chi connectivity index (χ4v) is 5.05. The first kappa shape index (κ1) is 11.4. The molecule has 2 nitrogen and oxygen atoms in total. The van der Waals surface area contributed by atoms with Crippen molar-refractivity contribution in [2.24, 2.45) is 0 Å². The van der Waals surface area contributed by atoms with Crippen molar-refractivity contribution in [1.82, 2.24) is 0 Å². The second-order valence-corrected chi connectivity index (χ2v) is 19.5. The van der Waals surface area contributed by atoms with Gasteiger partial charge in [-0.2, -0.15) is 0 Å². The van der Waals surface area contributed by atoms with Gasteiger partial charge >= 0.3 is 95.6 Å². The summed E-state index contributed by atoms with van der Waals surface area (Å²) in [6, 6.07) is 8.92. The standard InChI is InChI=1S/C9H9O2.3CH3.Sn/c1-2-4-8(5-3-1)9-6-10-7-11-9;;;;/h2-5,9H,6-7H2;3*1H3;. The van der Waals surface area contributed by atoms with Gasteiger partial charge in [0.15, 0.2) is 0 Å². The number of rotatable bonds is 2. The summed E-state index contributed by atoms with van der Waals surface area (Å²) in [5.41, 5.74) is 1.24. The van der Waals surface area contributed by atoms with Crippen molar-refractivity contribution >= 4 is 22.0 Å². The summed E-state index contributed by atoms with van der Waals surface area (Å²) in [6.45, 7) is 1.13. The number of hydrogen-bond acceptors (Lipinski definition) is 2. The molecule has 2 rings (SSSR count). The predicted octanol–water partition coefficient (Wildman–Crippen LogP) is 2.28. The van der Waals surface area contributed by atoms with Gasteiger partial charge in [0.05, 0.1) is 0 Å². The van der Waals surface area contributed by atoms with Gasteiger partial charge in [-0.1, -0.05) is 0 Å². The summed E-state index contributed by atoms with van der Waals surface area (Å²) in [6.07, 6.45) is 0.147. The molecule has 1 aromatic carbocycles. The van der Waals surface area contributed by atoms with Crippen LogP contribution in [-0.2, 0) is 9.47 Å². The quantitative estimate of drug-likeness (QED) is 0.780. The fraction of sp³-hybridized carbons (Fsp3) is 0.500. The molecule has 0 aromatic heterocycles.